The van der Waals surface area contributed by atoms with Gasteiger partial charge >= 0.3 is 5.97 Å². The zero-order chi connectivity index (χ0) is 13.7. The average molecular weight is 288 g/mol. The van der Waals surface area contributed by atoms with E-state index in [4.69, 9.17) is 23.2 Å². The van der Waals surface area contributed by atoms with Crippen LogP contribution in [0.3, 0.4) is 0 Å². The van der Waals surface area contributed by atoms with Crippen molar-refractivity contribution in [1.82, 2.24) is 5.32 Å². The molecule has 0 aliphatic carbocycles. The molecular formula is C12H11Cl2NO3. The molecule has 1 amide bonds. The van der Waals surface area contributed by atoms with Gasteiger partial charge in [-0.3, -0.25) is 4.79 Å². The molecular weight excluding hydrogens is 277 g/mol. The minimum Gasteiger partial charge on any atom is -0.464 e. The second-order valence-corrected chi connectivity index (χ2v) is 4.31. The van der Waals surface area contributed by atoms with Crippen molar-refractivity contribution in [3.8, 4) is 0 Å². The number of carbonyl (C=O) groups is 2. The third kappa shape index (κ3) is 4.39. The second kappa shape index (κ2) is 6.42. The Bertz CT molecular complexity index is 492. The van der Waals surface area contributed by atoms with Crippen molar-refractivity contribution in [1.29, 1.82) is 0 Å². The standard InChI is InChI=1S/C12H11Cl2NO3/c1-7(16)15-11(12(17)18-2)5-8-3-9(13)6-10(14)4-8/h3-6H,1-2H3,(H,15,16)/b11-5-. The fourth-order valence-electron chi connectivity index (χ4n) is 1.27. The molecule has 0 saturated carbocycles. The van der Waals surface area contributed by atoms with Crippen molar-refractivity contribution in [3.05, 3.63) is 39.5 Å². The lowest BCUT2D eigenvalue weighted by Gasteiger charge is -2.06. The van der Waals surface area contributed by atoms with E-state index in [1.165, 1.54) is 20.1 Å². The molecule has 0 bridgehead atoms. The SMILES string of the molecule is COC(=O)/C(=C/c1cc(Cl)cc(Cl)c1)NC(C)=O. The third-order valence-electron chi connectivity index (χ3n) is 1.91. The highest BCUT2D eigenvalue weighted by molar-refractivity contribution is 6.34. The molecule has 0 aromatic heterocycles. The molecule has 0 radical (unpaired) electrons. The van der Waals surface area contributed by atoms with E-state index in [0.29, 0.717) is 15.6 Å². The Hall–Kier alpha value is -1.52. The first-order valence-electron chi connectivity index (χ1n) is 4.96. The Morgan fingerprint density at radius 2 is 1.78 bits per heavy atom. The molecule has 4 nitrogen and oxygen atoms in total. The molecule has 96 valence electrons. The highest BCUT2D eigenvalue weighted by atomic mass is 35.5. The van der Waals surface area contributed by atoms with Crippen LogP contribution >= 0.6 is 23.2 Å². The molecule has 0 aliphatic heterocycles. The lowest BCUT2D eigenvalue weighted by Crippen LogP contribution is -2.25. The van der Waals surface area contributed by atoms with E-state index in [1.807, 2.05) is 0 Å². The number of benzene rings is 1. The molecule has 1 N–H and O–H groups in total. The Morgan fingerprint density at radius 3 is 2.22 bits per heavy atom. The van der Waals surface area contributed by atoms with Crippen molar-refractivity contribution >= 4 is 41.2 Å². The molecule has 1 aromatic carbocycles. The van der Waals surface area contributed by atoms with Gasteiger partial charge in [0, 0.05) is 17.0 Å². The molecule has 0 heterocycles. The predicted molar refractivity (Wildman–Crippen MR) is 70.3 cm³/mol. The monoisotopic (exact) mass is 287 g/mol. The summed E-state index contributed by atoms with van der Waals surface area (Å²) in [5.74, 6) is -1.03. The first-order chi connectivity index (χ1) is 8.42. The number of esters is 1. The van der Waals surface area contributed by atoms with Crippen LogP contribution in [0.2, 0.25) is 10.0 Å². The minimum atomic E-state index is -0.652. The molecule has 0 spiro atoms. The predicted octanol–water partition coefficient (Wildman–Crippen LogP) is 2.64. The van der Waals surface area contributed by atoms with Gasteiger partial charge in [-0.15, -0.1) is 0 Å². The lowest BCUT2D eigenvalue weighted by atomic mass is 10.2. The van der Waals surface area contributed by atoms with Gasteiger partial charge in [0.25, 0.3) is 0 Å². The summed E-state index contributed by atoms with van der Waals surface area (Å²) in [5.41, 5.74) is 0.602. The number of hydrogen-bond donors (Lipinski definition) is 1. The zero-order valence-electron chi connectivity index (χ0n) is 9.79. The van der Waals surface area contributed by atoms with Gasteiger partial charge in [-0.2, -0.15) is 0 Å². The normalized spacial score (nSPS) is 11.0. The van der Waals surface area contributed by atoms with Crippen LogP contribution in [0.15, 0.2) is 23.9 Å². The van der Waals surface area contributed by atoms with Gasteiger partial charge < -0.3 is 10.1 Å². The first-order valence-corrected chi connectivity index (χ1v) is 5.71. The summed E-state index contributed by atoms with van der Waals surface area (Å²) >= 11 is 11.7. The number of ether oxygens (including phenoxy) is 1. The van der Waals surface area contributed by atoms with Crippen LogP contribution in [0.4, 0.5) is 0 Å². The van der Waals surface area contributed by atoms with E-state index in [0.717, 1.165) is 0 Å². The van der Waals surface area contributed by atoms with E-state index in [9.17, 15) is 9.59 Å². The molecule has 0 atom stereocenters. The van der Waals surface area contributed by atoms with Crippen LogP contribution < -0.4 is 5.32 Å². The summed E-state index contributed by atoms with van der Waals surface area (Å²) in [6.07, 6.45) is 1.44. The van der Waals surface area contributed by atoms with Crippen molar-refractivity contribution in [2.45, 2.75) is 6.92 Å². The third-order valence-corrected chi connectivity index (χ3v) is 2.35. The topological polar surface area (TPSA) is 55.4 Å². The quantitative estimate of drug-likeness (QED) is 0.687. The van der Waals surface area contributed by atoms with Crippen molar-refractivity contribution in [2.24, 2.45) is 0 Å². The Morgan fingerprint density at radius 1 is 1.22 bits per heavy atom. The highest BCUT2D eigenvalue weighted by Gasteiger charge is 2.11. The van der Waals surface area contributed by atoms with E-state index < -0.39 is 5.97 Å². The highest BCUT2D eigenvalue weighted by Crippen LogP contribution is 2.20. The average Bonchev–Trinajstić information content (AvgIpc) is 2.25. The van der Waals surface area contributed by atoms with Gasteiger partial charge in [0.05, 0.1) is 7.11 Å². The van der Waals surface area contributed by atoms with Crippen LogP contribution in [0.1, 0.15) is 12.5 Å². The molecule has 1 aromatic rings. The van der Waals surface area contributed by atoms with Gasteiger partial charge in [-0.25, -0.2) is 4.79 Å². The van der Waals surface area contributed by atoms with E-state index in [1.54, 1.807) is 18.2 Å². The molecule has 0 aliphatic rings. The number of hydrogen-bond acceptors (Lipinski definition) is 3. The smallest absolute Gasteiger partial charge is 0.354 e. The number of methoxy groups -OCH3 is 1. The number of nitrogens with one attached hydrogen (secondary N) is 1. The van der Waals surface area contributed by atoms with Gasteiger partial charge in [-0.05, 0) is 29.8 Å². The maximum absolute atomic E-state index is 11.5. The molecule has 1 rings (SSSR count). The summed E-state index contributed by atoms with van der Waals surface area (Å²) in [4.78, 5) is 22.4. The van der Waals surface area contributed by atoms with Crippen LogP contribution in [-0.4, -0.2) is 19.0 Å². The van der Waals surface area contributed by atoms with Crippen LogP contribution in [0, 0.1) is 0 Å². The summed E-state index contributed by atoms with van der Waals surface area (Å²) < 4.78 is 4.56. The van der Waals surface area contributed by atoms with E-state index in [2.05, 4.69) is 10.1 Å². The maximum atomic E-state index is 11.5. The Balaban J connectivity index is 3.13. The molecule has 18 heavy (non-hydrogen) atoms. The maximum Gasteiger partial charge on any atom is 0.354 e. The molecule has 0 saturated heterocycles. The van der Waals surface area contributed by atoms with E-state index in [-0.39, 0.29) is 11.6 Å². The molecule has 0 unspecified atom stereocenters. The summed E-state index contributed by atoms with van der Waals surface area (Å²) in [5, 5.41) is 3.24. The minimum absolute atomic E-state index is 0.0170. The number of amides is 1. The number of halogens is 2. The zero-order valence-corrected chi connectivity index (χ0v) is 11.3. The van der Waals surface area contributed by atoms with Gasteiger partial charge in [0.1, 0.15) is 5.70 Å². The second-order valence-electron chi connectivity index (χ2n) is 3.43. The Kier molecular flexibility index (Phi) is 5.19. The number of rotatable bonds is 3. The van der Waals surface area contributed by atoms with Gasteiger partial charge in [-0.1, -0.05) is 23.2 Å². The first kappa shape index (κ1) is 14.5. The fraction of sp³-hybridized carbons (Fsp3) is 0.167. The van der Waals surface area contributed by atoms with Gasteiger partial charge in [0.15, 0.2) is 0 Å². The largest absolute Gasteiger partial charge is 0.464 e. The van der Waals surface area contributed by atoms with Crippen molar-refractivity contribution in [3.63, 3.8) is 0 Å². The van der Waals surface area contributed by atoms with Crippen LogP contribution in [0.5, 0.6) is 0 Å². The number of carbonyl (C=O) groups excluding carboxylic acids is 2. The summed E-state index contributed by atoms with van der Waals surface area (Å²) in [6, 6.07) is 4.78. The van der Waals surface area contributed by atoms with Crippen LogP contribution in [0.25, 0.3) is 6.08 Å². The van der Waals surface area contributed by atoms with Crippen LogP contribution in [-0.2, 0) is 14.3 Å². The van der Waals surface area contributed by atoms with Crippen molar-refractivity contribution in [2.75, 3.05) is 7.11 Å². The van der Waals surface area contributed by atoms with Crippen molar-refractivity contribution < 1.29 is 14.3 Å². The Labute approximate surface area is 115 Å². The fourth-order valence-corrected chi connectivity index (χ4v) is 1.81. The summed E-state index contributed by atoms with van der Waals surface area (Å²) in [7, 11) is 1.23. The van der Waals surface area contributed by atoms with E-state index >= 15 is 0 Å². The molecule has 6 heteroatoms. The lowest BCUT2D eigenvalue weighted by molar-refractivity contribution is -0.137. The molecule has 0 fully saturated rings. The summed E-state index contributed by atoms with van der Waals surface area (Å²) in [6.45, 7) is 1.29. The van der Waals surface area contributed by atoms with Gasteiger partial charge in [0.2, 0.25) is 5.91 Å².